The fourth-order valence-corrected chi connectivity index (χ4v) is 2.84. The Morgan fingerprint density at radius 2 is 0.447 bits per heavy atom. The molecule has 0 atom stereocenters. The third-order valence-corrected chi connectivity index (χ3v) is 5.02. The summed E-state index contributed by atoms with van der Waals surface area (Å²) in [6, 6.07) is 0. The molecule has 0 rings (SSSR count). The Hall–Kier alpha value is 2.59. The first kappa shape index (κ1) is 49.6. The van der Waals surface area contributed by atoms with Gasteiger partial charge in [0.25, 0.3) is 0 Å². The van der Waals surface area contributed by atoms with Crippen LogP contribution in [0.15, 0.2) is 0 Å². The van der Waals surface area contributed by atoms with Crippen LogP contribution in [0.1, 0.15) is 13.3 Å². The molecule has 0 aliphatic heterocycles. The number of rotatable bonds is 23. The van der Waals surface area contributed by atoms with Crippen molar-refractivity contribution >= 4 is 289 Å². The molecule has 0 unspecified atom stereocenters. The predicted molar refractivity (Wildman–Crippen MR) is 266 cm³/mol. The molecule has 0 fully saturated rings. The molecule has 0 radical (unpaired) electrons. The Kier molecular flexibility index (Phi) is 51.3. The summed E-state index contributed by atoms with van der Waals surface area (Å²) in [5.41, 5.74) is 0. The van der Waals surface area contributed by atoms with E-state index < -0.39 is 0 Å². The van der Waals surface area contributed by atoms with E-state index in [4.69, 9.17) is 4.65 Å². The van der Waals surface area contributed by atoms with Crippen LogP contribution in [0.2, 0.25) is 0 Å². The molecule has 0 aromatic rings. The Balaban J connectivity index is 4.02. The van der Waals surface area contributed by atoms with E-state index in [1.165, 1.54) is 0 Å². The molecule has 0 aromatic carbocycles. The molecule has 0 aliphatic rings. The molecule has 0 N–H and O–H groups in total. The molecule has 0 spiro atoms. The molecule has 1 nitrogen and oxygen atoms in total. The standard InChI is InChI=1S/C3H9B43O/c1-2-3-47-46-45-44-43-42-41-40-39-38-37-36-35-34-33-32-31-30-29-28-27-26-25-24-23-22-21-20-19-18-17-16-15-14-13-12-11-10-9-8-7-6-5-4/h2-4H2,1H3. The van der Waals surface area contributed by atoms with Crippen LogP contribution in [0.4, 0.5) is 0 Å². The Morgan fingerprint density at radius 3 is 0.617 bits per heavy atom. The van der Waals surface area contributed by atoms with Gasteiger partial charge in [-0.3, -0.25) is 0 Å². The minimum absolute atomic E-state index is 0.758. The Bertz CT molecular complexity index is 1400. The molecule has 156 valence electrons. The van der Waals surface area contributed by atoms with Gasteiger partial charge in [-0.1, -0.05) is 0 Å². The summed E-state index contributed by atoms with van der Waals surface area (Å²) in [6.07, 6.45) is 1.02. The Morgan fingerprint density at radius 1 is 0.277 bits per heavy atom. The normalized spacial score (nSPS) is 7.94. The van der Waals surface area contributed by atoms with Crippen molar-refractivity contribution in [1.29, 1.82) is 0 Å². The molecule has 0 bridgehead atoms. The summed E-state index contributed by atoms with van der Waals surface area (Å²) in [6.45, 7) is 84.5. The van der Waals surface area contributed by atoms with Gasteiger partial charge in [-0.25, -0.2) is 0 Å². The summed E-state index contributed by atoms with van der Waals surface area (Å²) in [5.74, 6) is 0. The maximum absolute atomic E-state index is 5.25. The third kappa shape index (κ3) is 48.6. The first-order valence-corrected chi connectivity index (χ1v) is 16.0. The van der Waals surface area contributed by atoms with E-state index in [2.05, 4.69) is 6.92 Å². The topological polar surface area (TPSA) is 9.23 Å². The first-order valence-electron chi connectivity index (χ1n) is 16.0. The van der Waals surface area contributed by atoms with Crippen LogP contribution in [-0.4, -0.2) is 296 Å². The van der Waals surface area contributed by atoms with Gasteiger partial charge < -0.3 is 0 Å². The summed E-state index contributed by atoms with van der Waals surface area (Å²) in [7, 11) is 3.71. The van der Waals surface area contributed by atoms with Gasteiger partial charge in [0.1, 0.15) is 0 Å². The number of hydrogen-bond donors (Lipinski definition) is 0. The van der Waals surface area contributed by atoms with Gasteiger partial charge in [-0.2, -0.15) is 0 Å². The van der Waals surface area contributed by atoms with Crippen LogP contribution in [0.25, 0.3) is 0 Å². The third-order valence-electron chi connectivity index (χ3n) is 5.02. The molecule has 0 amide bonds. The number of hydrogen-bond acceptors (Lipinski definition) is 1. The maximum atomic E-state index is 5.25. The SMILES string of the molecule is BB=BB=BB=BB=BB=BB=BB=BB=BB=BB=BB=BB=BB=BB=BB=BB=BB=BB=BB=BB=BB=BOCCC. The van der Waals surface area contributed by atoms with Crippen LogP contribution < -0.4 is 0 Å². The molecule has 44 heteroatoms. The van der Waals surface area contributed by atoms with E-state index in [9.17, 15) is 0 Å². The molecule has 0 saturated carbocycles. The van der Waals surface area contributed by atoms with Crippen LogP contribution >= 0.6 is 0 Å². The fraction of sp³-hybridized carbons (Fsp3) is 1.00. The molecule has 0 aromatic heterocycles. The van der Waals surface area contributed by atoms with E-state index in [-0.39, 0.29) is 0 Å². The van der Waals surface area contributed by atoms with Gasteiger partial charge in [0.2, 0.25) is 0 Å². The van der Waals surface area contributed by atoms with Gasteiger partial charge in [0.05, 0.1) is 0 Å². The molecule has 0 aliphatic carbocycles. The summed E-state index contributed by atoms with van der Waals surface area (Å²) < 4.78 is 5.25. The molecule has 0 heterocycles. The van der Waals surface area contributed by atoms with Crippen molar-refractivity contribution < 1.29 is 4.65 Å². The fourth-order valence-electron chi connectivity index (χ4n) is 2.84. The predicted octanol–water partition coefficient (Wildman–Crippen LogP) is -16.0. The van der Waals surface area contributed by atoms with Gasteiger partial charge in [-0.05, 0) is 0 Å². The van der Waals surface area contributed by atoms with Gasteiger partial charge >= 0.3 is 314 Å². The van der Waals surface area contributed by atoms with Crippen molar-refractivity contribution in [2.45, 2.75) is 13.3 Å². The van der Waals surface area contributed by atoms with Crippen molar-refractivity contribution in [2.24, 2.45) is 0 Å². The zero-order valence-corrected chi connectivity index (χ0v) is 28.1. The van der Waals surface area contributed by atoms with Gasteiger partial charge in [0, 0.05) is 0 Å². The van der Waals surface area contributed by atoms with Crippen LogP contribution in [0, 0.1) is 0 Å². The van der Waals surface area contributed by atoms with Crippen molar-refractivity contribution in [3.8, 4) is 0 Å². The van der Waals surface area contributed by atoms with Crippen molar-refractivity contribution in [3.63, 3.8) is 0 Å². The second-order valence-corrected chi connectivity index (χ2v) is 9.04. The molecular formula is C3H9B43O. The van der Waals surface area contributed by atoms with E-state index in [1.54, 1.807) is 7.00 Å². The van der Waals surface area contributed by atoms with Crippen LogP contribution in [-0.2, 0) is 4.65 Å². The molecular weight excluding hydrogens is 517 g/mol. The summed E-state index contributed by atoms with van der Waals surface area (Å²) >= 11 is 0. The van der Waals surface area contributed by atoms with Gasteiger partial charge in [-0.15, -0.1) is 0 Å². The average molecular weight is 526 g/mol. The second kappa shape index (κ2) is 48.6. The van der Waals surface area contributed by atoms with E-state index in [1.807, 2.05) is 282 Å². The van der Waals surface area contributed by atoms with Crippen molar-refractivity contribution in [3.05, 3.63) is 0 Å². The minimum atomic E-state index is 0.758. The second-order valence-electron chi connectivity index (χ2n) is 9.04. The Labute approximate surface area is 311 Å². The summed E-state index contributed by atoms with van der Waals surface area (Å²) in [4.78, 5) is 0. The van der Waals surface area contributed by atoms with Crippen LogP contribution in [0.5, 0.6) is 0 Å². The van der Waals surface area contributed by atoms with Crippen molar-refractivity contribution in [1.82, 2.24) is 0 Å². The monoisotopic (exact) mass is 534 g/mol. The zero-order chi connectivity index (χ0) is 33.8. The van der Waals surface area contributed by atoms with E-state index >= 15 is 0 Å². The van der Waals surface area contributed by atoms with Crippen LogP contribution in [0.3, 0.4) is 0 Å². The first-order chi connectivity index (χ1) is 23.4. The molecule has 0 saturated heterocycles. The zero-order valence-electron chi connectivity index (χ0n) is 28.1. The average Bonchev–Trinajstić information content (AvgIpc) is 3.08. The van der Waals surface area contributed by atoms with E-state index in [0.717, 1.165) is 13.0 Å². The van der Waals surface area contributed by atoms with Gasteiger partial charge in [0.15, 0.2) is 0 Å². The van der Waals surface area contributed by atoms with Crippen molar-refractivity contribution in [2.75, 3.05) is 6.61 Å². The molecule has 47 heavy (non-hydrogen) atoms. The quantitative estimate of drug-likeness (QED) is 0.0951. The van der Waals surface area contributed by atoms with E-state index in [0.29, 0.717) is 0 Å². The summed E-state index contributed by atoms with van der Waals surface area (Å²) in [5, 5.41) is 0.